The number of methoxy groups -OCH3 is 1. The van der Waals surface area contributed by atoms with Gasteiger partial charge < -0.3 is 9.84 Å². The first-order valence-electron chi connectivity index (χ1n) is 7.69. The van der Waals surface area contributed by atoms with Crippen molar-refractivity contribution < 1.29 is 9.84 Å². The summed E-state index contributed by atoms with van der Waals surface area (Å²) in [5.74, 6) is 1.50. The number of aliphatic hydroxyl groups is 1. The van der Waals surface area contributed by atoms with Crippen LogP contribution in [-0.2, 0) is 0 Å². The fraction of sp³-hybridized carbons (Fsp3) is 0.647. The molecule has 1 fully saturated rings. The van der Waals surface area contributed by atoms with E-state index >= 15 is 0 Å². The van der Waals surface area contributed by atoms with Gasteiger partial charge in [-0.25, -0.2) is 0 Å². The summed E-state index contributed by atoms with van der Waals surface area (Å²) in [5, 5.41) is 10.5. The average molecular weight is 277 g/mol. The van der Waals surface area contributed by atoms with Gasteiger partial charge in [0.1, 0.15) is 5.75 Å². The van der Waals surface area contributed by atoms with Gasteiger partial charge in [-0.1, -0.05) is 32.0 Å². The van der Waals surface area contributed by atoms with E-state index in [9.17, 15) is 5.11 Å². The smallest absolute Gasteiger partial charge is 0.122 e. The van der Waals surface area contributed by atoms with Crippen molar-refractivity contribution in [1.82, 2.24) is 4.90 Å². The molecule has 3 heteroatoms. The van der Waals surface area contributed by atoms with Crippen LogP contribution in [0, 0.1) is 0 Å². The quantitative estimate of drug-likeness (QED) is 0.867. The number of rotatable bonds is 6. The number of ether oxygens (including phenoxy) is 1. The van der Waals surface area contributed by atoms with E-state index in [1.54, 1.807) is 7.11 Å². The molecule has 1 heterocycles. The summed E-state index contributed by atoms with van der Waals surface area (Å²) in [4.78, 5) is 2.39. The van der Waals surface area contributed by atoms with Gasteiger partial charge in [-0.2, -0.15) is 0 Å². The molecule has 0 aromatic heterocycles. The monoisotopic (exact) mass is 277 g/mol. The van der Waals surface area contributed by atoms with Crippen molar-refractivity contribution in [3.05, 3.63) is 29.8 Å². The van der Waals surface area contributed by atoms with Crippen LogP contribution >= 0.6 is 0 Å². The molecule has 0 spiro atoms. The molecule has 112 valence electrons. The van der Waals surface area contributed by atoms with Gasteiger partial charge in [0.05, 0.1) is 12.7 Å². The largest absolute Gasteiger partial charge is 0.496 e. The van der Waals surface area contributed by atoms with Gasteiger partial charge >= 0.3 is 0 Å². The van der Waals surface area contributed by atoms with Gasteiger partial charge in [0, 0.05) is 19.0 Å². The second-order valence-corrected chi connectivity index (χ2v) is 5.89. The molecule has 1 aliphatic heterocycles. The normalized spacial score (nSPS) is 20.3. The van der Waals surface area contributed by atoms with Crippen LogP contribution < -0.4 is 4.74 Å². The molecule has 1 aromatic rings. The predicted octanol–water partition coefficient (Wildman–Crippen LogP) is 3.04. The topological polar surface area (TPSA) is 32.7 Å². The molecule has 1 saturated heterocycles. The van der Waals surface area contributed by atoms with E-state index < -0.39 is 5.60 Å². The lowest BCUT2D eigenvalue weighted by molar-refractivity contribution is 0.00216. The van der Waals surface area contributed by atoms with E-state index in [1.165, 1.54) is 5.56 Å². The molecule has 1 atom stereocenters. The van der Waals surface area contributed by atoms with Gasteiger partial charge in [-0.3, -0.25) is 4.90 Å². The molecule has 1 unspecified atom stereocenters. The predicted molar refractivity (Wildman–Crippen MR) is 82.3 cm³/mol. The highest BCUT2D eigenvalue weighted by atomic mass is 16.5. The third-order valence-corrected chi connectivity index (χ3v) is 4.69. The van der Waals surface area contributed by atoms with Crippen LogP contribution in [0.2, 0.25) is 0 Å². The molecule has 1 aromatic carbocycles. The molecular weight excluding hydrogens is 250 g/mol. The highest BCUT2D eigenvalue weighted by Gasteiger charge is 2.31. The van der Waals surface area contributed by atoms with Gasteiger partial charge in [0.2, 0.25) is 0 Å². The van der Waals surface area contributed by atoms with Crippen LogP contribution in [0.4, 0.5) is 0 Å². The molecule has 0 radical (unpaired) electrons. The van der Waals surface area contributed by atoms with E-state index in [-0.39, 0.29) is 0 Å². The first-order chi connectivity index (χ1) is 9.61. The molecule has 0 aliphatic carbocycles. The fourth-order valence-corrected chi connectivity index (χ4v) is 3.12. The highest BCUT2D eigenvalue weighted by molar-refractivity contribution is 5.37. The maximum atomic E-state index is 10.5. The van der Waals surface area contributed by atoms with Crippen molar-refractivity contribution in [2.75, 3.05) is 26.7 Å². The van der Waals surface area contributed by atoms with Crippen molar-refractivity contribution in [3.63, 3.8) is 0 Å². The minimum atomic E-state index is -0.532. The maximum Gasteiger partial charge on any atom is 0.122 e. The first kappa shape index (κ1) is 15.3. The maximum absolute atomic E-state index is 10.5. The Hall–Kier alpha value is -1.06. The number of likely N-dealkylation sites (tertiary alicyclic amines) is 1. The zero-order chi connectivity index (χ0) is 14.6. The van der Waals surface area contributed by atoms with Crippen LogP contribution in [0.25, 0.3) is 0 Å². The second-order valence-electron chi connectivity index (χ2n) is 5.89. The minimum absolute atomic E-state index is 0.518. The minimum Gasteiger partial charge on any atom is -0.496 e. The van der Waals surface area contributed by atoms with Crippen LogP contribution in [0.1, 0.15) is 44.6 Å². The molecule has 0 amide bonds. The molecule has 20 heavy (non-hydrogen) atoms. The van der Waals surface area contributed by atoms with Gasteiger partial charge in [0.25, 0.3) is 0 Å². The van der Waals surface area contributed by atoms with E-state index in [0.29, 0.717) is 5.92 Å². The van der Waals surface area contributed by atoms with E-state index in [0.717, 1.165) is 44.6 Å². The third-order valence-electron chi connectivity index (χ3n) is 4.69. The van der Waals surface area contributed by atoms with E-state index in [4.69, 9.17) is 4.74 Å². The Balaban J connectivity index is 2.02. The lowest BCUT2D eigenvalue weighted by Gasteiger charge is -2.30. The van der Waals surface area contributed by atoms with Gasteiger partial charge in [0.15, 0.2) is 0 Å². The average Bonchev–Trinajstić information content (AvgIpc) is 2.95. The summed E-state index contributed by atoms with van der Waals surface area (Å²) >= 11 is 0. The Kier molecular flexibility index (Phi) is 5.06. The standard InChI is InChI=1S/C17H27NO2/c1-4-17(19,5-2)13-18-11-10-14(12-18)15-8-6-7-9-16(15)20-3/h6-9,14,19H,4-5,10-13H2,1-3H3. The number of nitrogens with zero attached hydrogens (tertiary/aromatic N) is 1. The molecule has 1 aliphatic rings. The Morgan fingerprint density at radius 3 is 2.65 bits per heavy atom. The molecule has 3 nitrogen and oxygen atoms in total. The van der Waals surface area contributed by atoms with Gasteiger partial charge in [-0.15, -0.1) is 0 Å². The van der Waals surface area contributed by atoms with Crippen LogP contribution in [0.15, 0.2) is 24.3 Å². The number of para-hydroxylation sites is 1. The number of β-amino-alcohol motifs (C(OH)–C–C–N with tert-alkyl or cyclic N) is 1. The Labute approximate surface area is 122 Å². The van der Waals surface area contributed by atoms with Crippen LogP contribution in [0.5, 0.6) is 5.75 Å². The first-order valence-corrected chi connectivity index (χ1v) is 7.69. The molecule has 1 N–H and O–H groups in total. The van der Waals surface area contributed by atoms with E-state index in [2.05, 4.69) is 30.9 Å². The SMILES string of the molecule is CCC(O)(CC)CN1CCC(c2ccccc2OC)C1. The summed E-state index contributed by atoms with van der Waals surface area (Å²) in [6.07, 6.45) is 2.78. The van der Waals surface area contributed by atoms with Crippen molar-refractivity contribution in [3.8, 4) is 5.75 Å². The zero-order valence-corrected chi connectivity index (χ0v) is 12.9. The number of hydrogen-bond acceptors (Lipinski definition) is 3. The van der Waals surface area contributed by atoms with Crippen LogP contribution in [-0.4, -0.2) is 42.4 Å². The lowest BCUT2D eigenvalue weighted by Crippen LogP contribution is -2.41. The Morgan fingerprint density at radius 2 is 2.00 bits per heavy atom. The van der Waals surface area contributed by atoms with Crippen molar-refractivity contribution in [1.29, 1.82) is 0 Å². The second kappa shape index (κ2) is 6.59. The zero-order valence-electron chi connectivity index (χ0n) is 12.9. The molecule has 0 saturated carbocycles. The lowest BCUT2D eigenvalue weighted by atomic mass is 9.96. The van der Waals surface area contributed by atoms with Crippen LogP contribution in [0.3, 0.4) is 0 Å². The highest BCUT2D eigenvalue weighted by Crippen LogP contribution is 2.34. The summed E-state index contributed by atoms with van der Waals surface area (Å²) in [7, 11) is 1.73. The van der Waals surface area contributed by atoms with E-state index in [1.807, 2.05) is 12.1 Å². The van der Waals surface area contributed by atoms with Gasteiger partial charge in [-0.05, 0) is 37.4 Å². The summed E-state index contributed by atoms with van der Waals surface area (Å²) in [6, 6.07) is 8.29. The molecule has 2 rings (SSSR count). The van der Waals surface area contributed by atoms with Crippen molar-refractivity contribution in [2.24, 2.45) is 0 Å². The summed E-state index contributed by atoms with van der Waals surface area (Å²) < 4.78 is 5.47. The van der Waals surface area contributed by atoms with Crippen molar-refractivity contribution >= 4 is 0 Å². The number of benzene rings is 1. The third kappa shape index (κ3) is 3.33. The fourth-order valence-electron chi connectivity index (χ4n) is 3.12. The Morgan fingerprint density at radius 1 is 1.30 bits per heavy atom. The number of hydrogen-bond donors (Lipinski definition) is 1. The van der Waals surface area contributed by atoms with Crippen molar-refractivity contribution in [2.45, 2.75) is 44.6 Å². The summed E-state index contributed by atoms with van der Waals surface area (Å²) in [5.41, 5.74) is 0.768. The molecule has 0 bridgehead atoms. The molecular formula is C17H27NO2. The Bertz CT molecular complexity index is 429. The summed E-state index contributed by atoms with van der Waals surface area (Å²) in [6.45, 7) is 6.99.